The molecular formula is C23H26N4O. The normalized spacial score (nSPS) is 13.0. The number of rotatable bonds is 1. The summed E-state index contributed by atoms with van der Waals surface area (Å²) < 4.78 is 6.24. The zero-order chi connectivity index (χ0) is 20.2. The van der Waals surface area contributed by atoms with Gasteiger partial charge < -0.3 is 4.74 Å². The molecule has 0 aliphatic carbocycles. The summed E-state index contributed by atoms with van der Waals surface area (Å²) in [6.45, 7) is 15.0. The minimum Gasteiger partial charge on any atom is -0.449 e. The molecule has 0 fully saturated rings. The minimum atomic E-state index is 0.0891. The Morgan fingerprint density at radius 1 is 0.929 bits per heavy atom. The van der Waals surface area contributed by atoms with E-state index in [9.17, 15) is 0 Å². The topological polar surface area (TPSA) is 51.1 Å². The fraction of sp³-hybridized carbons (Fsp3) is 0.348. The third kappa shape index (κ3) is 2.82. The maximum Gasteiger partial charge on any atom is 0.181 e. The Balaban J connectivity index is 2.02. The van der Waals surface area contributed by atoms with Crippen molar-refractivity contribution in [2.24, 2.45) is 0 Å². The molecule has 0 N–H and O–H groups in total. The predicted octanol–water partition coefficient (Wildman–Crippen LogP) is 5.98. The van der Waals surface area contributed by atoms with Crippen molar-refractivity contribution in [3.05, 3.63) is 58.5 Å². The summed E-state index contributed by atoms with van der Waals surface area (Å²) in [5.41, 5.74) is 7.59. The van der Waals surface area contributed by atoms with Gasteiger partial charge in [-0.3, -0.25) is 4.90 Å². The van der Waals surface area contributed by atoms with Crippen LogP contribution in [0.4, 0.5) is 17.2 Å². The third-order valence-electron chi connectivity index (χ3n) is 5.27. The van der Waals surface area contributed by atoms with Crippen LogP contribution in [0.3, 0.4) is 0 Å². The third-order valence-corrected chi connectivity index (χ3v) is 5.27. The molecule has 28 heavy (non-hydrogen) atoms. The summed E-state index contributed by atoms with van der Waals surface area (Å²) in [4.78, 5) is 6.84. The average Bonchev–Trinajstić information content (AvgIpc) is 2.61. The van der Waals surface area contributed by atoms with E-state index in [0.717, 1.165) is 39.9 Å². The molecule has 1 aromatic carbocycles. The van der Waals surface area contributed by atoms with Gasteiger partial charge in [-0.05, 0) is 61.4 Å². The van der Waals surface area contributed by atoms with Gasteiger partial charge in [0.05, 0.1) is 11.9 Å². The van der Waals surface area contributed by atoms with E-state index in [0.29, 0.717) is 0 Å². The fourth-order valence-electron chi connectivity index (χ4n) is 3.74. The lowest BCUT2D eigenvalue weighted by molar-refractivity contribution is 0.461. The van der Waals surface area contributed by atoms with Crippen LogP contribution in [0.1, 0.15) is 48.7 Å². The first kappa shape index (κ1) is 18.4. The van der Waals surface area contributed by atoms with Gasteiger partial charge in [0.1, 0.15) is 11.4 Å². The lowest BCUT2D eigenvalue weighted by atomic mass is 9.84. The Morgan fingerprint density at radius 2 is 1.61 bits per heavy atom. The predicted molar refractivity (Wildman–Crippen MR) is 112 cm³/mol. The van der Waals surface area contributed by atoms with Crippen molar-refractivity contribution in [2.45, 2.75) is 53.9 Å². The molecule has 0 unspecified atom stereocenters. The number of aryl methyl sites for hydroxylation is 4. The molecule has 144 valence electrons. The molecule has 0 saturated carbocycles. The summed E-state index contributed by atoms with van der Waals surface area (Å²) in [6, 6.07) is 6.51. The summed E-state index contributed by atoms with van der Waals surface area (Å²) in [6.07, 6.45) is 3.58. The zero-order valence-electron chi connectivity index (χ0n) is 17.6. The van der Waals surface area contributed by atoms with Crippen LogP contribution < -0.4 is 9.64 Å². The summed E-state index contributed by atoms with van der Waals surface area (Å²) in [5, 5.41) is 8.38. The van der Waals surface area contributed by atoms with Crippen molar-refractivity contribution < 1.29 is 4.74 Å². The van der Waals surface area contributed by atoms with Gasteiger partial charge in [-0.25, -0.2) is 4.98 Å². The second-order valence-electron chi connectivity index (χ2n) is 8.57. The molecule has 0 atom stereocenters. The largest absolute Gasteiger partial charge is 0.449 e. The molecule has 1 aliphatic heterocycles. The quantitative estimate of drug-likeness (QED) is 0.410. The highest BCUT2D eigenvalue weighted by molar-refractivity contribution is 5.87. The van der Waals surface area contributed by atoms with Crippen molar-refractivity contribution in [3.8, 4) is 11.5 Å². The van der Waals surface area contributed by atoms with Crippen LogP contribution in [0.15, 0.2) is 30.6 Å². The number of ether oxygens (including phenoxy) is 1. The molecule has 5 nitrogen and oxygen atoms in total. The van der Waals surface area contributed by atoms with E-state index in [1.54, 1.807) is 6.20 Å². The molecule has 1 aliphatic rings. The smallest absolute Gasteiger partial charge is 0.181 e. The number of nitrogens with zero attached hydrogens (tertiary/aromatic N) is 4. The van der Waals surface area contributed by atoms with E-state index in [1.807, 2.05) is 26.1 Å². The molecule has 4 rings (SSSR count). The number of anilines is 3. The van der Waals surface area contributed by atoms with Crippen molar-refractivity contribution in [1.82, 2.24) is 15.2 Å². The number of hydrogen-bond acceptors (Lipinski definition) is 5. The molecule has 3 heterocycles. The van der Waals surface area contributed by atoms with Crippen LogP contribution in [-0.4, -0.2) is 15.2 Å². The first-order valence-electron chi connectivity index (χ1n) is 9.56. The maximum absolute atomic E-state index is 6.24. The van der Waals surface area contributed by atoms with E-state index in [2.05, 4.69) is 66.8 Å². The minimum absolute atomic E-state index is 0.0891. The monoisotopic (exact) mass is 374 g/mol. The lowest BCUT2D eigenvalue weighted by Gasteiger charge is -2.34. The van der Waals surface area contributed by atoms with Crippen LogP contribution in [0.5, 0.6) is 11.5 Å². The Labute approximate surface area is 166 Å². The fourth-order valence-corrected chi connectivity index (χ4v) is 3.74. The van der Waals surface area contributed by atoms with Gasteiger partial charge in [-0.15, -0.1) is 0 Å². The highest BCUT2D eigenvalue weighted by Gasteiger charge is 2.32. The molecule has 0 bridgehead atoms. The standard InChI is InChI=1S/C23H26N4O/c1-13-8-9-24-22-20(13)28-21-16(4)26-25-12-18(21)27(22)19-14(2)10-17(11-15(19)3)23(5,6)7/h8-12H,1-7H3. The average molecular weight is 374 g/mol. The van der Waals surface area contributed by atoms with E-state index < -0.39 is 0 Å². The van der Waals surface area contributed by atoms with Gasteiger partial charge in [0.2, 0.25) is 0 Å². The lowest BCUT2D eigenvalue weighted by Crippen LogP contribution is -2.21. The molecule has 0 radical (unpaired) electrons. The second-order valence-corrected chi connectivity index (χ2v) is 8.57. The number of hydrogen-bond donors (Lipinski definition) is 0. The summed E-state index contributed by atoms with van der Waals surface area (Å²) >= 11 is 0. The molecule has 0 amide bonds. The van der Waals surface area contributed by atoms with Gasteiger partial charge in [0.15, 0.2) is 17.3 Å². The summed E-state index contributed by atoms with van der Waals surface area (Å²) in [7, 11) is 0. The van der Waals surface area contributed by atoms with E-state index >= 15 is 0 Å². The molecule has 3 aromatic rings. The number of pyridine rings is 1. The number of aromatic nitrogens is 3. The Kier molecular flexibility index (Phi) is 4.14. The van der Waals surface area contributed by atoms with Crippen molar-refractivity contribution in [2.75, 3.05) is 4.90 Å². The van der Waals surface area contributed by atoms with E-state index in [-0.39, 0.29) is 5.41 Å². The van der Waals surface area contributed by atoms with E-state index in [1.165, 1.54) is 16.7 Å². The molecule has 0 spiro atoms. The van der Waals surface area contributed by atoms with Gasteiger partial charge >= 0.3 is 0 Å². The Morgan fingerprint density at radius 3 is 2.25 bits per heavy atom. The van der Waals surface area contributed by atoms with Gasteiger partial charge in [-0.2, -0.15) is 10.2 Å². The Bertz CT molecular complexity index is 1010. The maximum atomic E-state index is 6.24. The summed E-state index contributed by atoms with van der Waals surface area (Å²) in [5.74, 6) is 2.29. The van der Waals surface area contributed by atoms with Gasteiger partial charge in [0.25, 0.3) is 0 Å². The van der Waals surface area contributed by atoms with Crippen molar-refractivity contribution in [3.63, 3.8) is 0 Å². The highest BCUT2D eigenvalue weighted by Crippen LogP contribution is 2.52. The van der Waals surface area contributed by atoms with Crippen LogP contribution in [0.2, 0.25) is 0 Å². The first-order valence-corrected chi connectivity index (χ1v) is 9.56. The second kappa shape index (κ2) is 6.30. The van der Waals surface area contributed by atoms with Crippen LogP contribution in [0.25, 0.3) is 0 Å². The number of benzene rings is 1. The zero-order valence-corrected chi connectivity index (χ0v) is 17.6. The molecule has 0 saturated heterocycles. The van der Waals surface area contributed by atoms with Crippen LogP contribution in [0, 0.1) is 27.7 Å². The molecular weight excluding hydrogens is 348 g/mol. The highest BCUT2D eigenvalue weighted by atomic mass is 16.5. The van der Waals surface area contributed by atoms with Gasteiger partial charge in [-0.1, -0.05) is 32.9 Å². The first-order chi connectivity index (χ1) is 13.2. The molecule has 2 aromatic heterocycles. The van der Waals surface area contributed by atoms with Gasteiger partial charge in [0, 0.05) is 6.20 Å². The van der Waals surface area contributed by atoms with E-state index in [4.69, 9.17) is 4.74 Å². The van der Waals surface area contributed by atoms with Crippen molar-refractivity contribution in [1.29, 1.82) is 0 Å². The number of fused-ring (bicyclic) bond motifs is 2. The van der Waals surface area contributed by atoms with Crippen LogP contribution >= 0.6 is 0 Å². The Hall–Kier alpha value is -2.95. The SMILES string of the molecule is Cc1ccnc2c1Oc1c(cnnc1C)N2c1c(C)cc(C(C)(C)C)cc1C. The van der Waals surface area contributed by atoms with Crippen molar-refractivity contribution >= 4 is 17.2 Å². The molecule has 5 heteroatoms. The van der Waals surface area contributed by atoms with Crippen LogP contribution in [-0.2, 0) is 5.41 Å².